The summed E-state index contributed by atoms with van der Waals surface area (Å²) in [5, 5.41) is 31.7. The number of carboxylic acids is 1. The van der Waals surface area contributed by atoms with Crippen molar-refractivity contribution in [3.05, 3.63) is 97.2 Å². The summed E-state index contributed by atoms with van der Waals surface area (Å²) in [6, 6.07) is 0. The first-order valence-electron chi connectivity index (χ1n) is 34.2. The number of ether oxygens (including phenoxy) is 5. The van der Waals surface area contributed by atoms with Gasteiger partial charge in [0.05, 0.1) is 6.61 Å². The zero-order valence-electron chi connectivity index (χ0n) is 53.8. The molecule has 1 fully saturated rings. The van der Waals surface area contributed by atoms with E-state index in [0.717, 1.165) is 141 Å². The lowest BCUT2D eigenvalue weighted by atomic mass is 9.98. The van der Waals surface area contributed by atoms with E-state index in [2.05, 4.69) is 118 Å². The van der Waals surface area contributed by atoms with Gasteiger partial charge in [0, 0.05) is 19.3 Å². The van der Waals surface area contributed by atoms with E-state index in [4.69, 9.17) is 23.7 Å². The topological polar surface area (TPSA) is 175 Å². The van der Waals surface area contributed by atoms with Gasteiger partial charge in [0.25, 0.3) is 0 Å². The molecule has 0 aromatic rings. The van der Waals surface area contributed by atoms with Crippen molar-refractivity contribution in [2.75, 3.05) is 13.2 Å². The van der Waals surface area contributed by atoms with Crippen molar-refractivity contribution in [1.82, 2.24) is 0 Å². The van der Waals surface area contributed by atoms with Crippen LogP contribution < -0.4 is 0 Å². The molecule has 0 bridgehead atoms. The van der Waals surface area contributed by atoms with Crippen LogP contribution in [-0.2, 0) is 42.9 Å². The maximum atomic E-state index is 13.2. The first kappa shape index (κ1) is 78.7. The molecule has 6 atom stereocenters. The Balaban J connectivity index is 2.66. The van der Waals surface area contributed by atoms with Gasteiger partial charge in [-0.2, -0.15) is 0 Å². The molecule has 1 saturated heterocycles. The van der Waals surface area contributed by atoms with Crippen molar-refractivity contribution < 1.29 is 58.2 Å². The number of hydrogen-bond donors (Lipinski definition) is 3. The minimum atomic E-state index is -1.92. The van der Waals surface area contributed by atoms with E-state index in [1.807, 2.05) is 0 Å². The van der Waals surface area contributed by atoms with E-state index < -0.39 is 67.3 Å². The standard InChI is InChI=1S/C73H122O12/c1-4-7-10-13-16-19-22-25-28-31-33-36-38-41-44-47-50-53-56-59-65(74)81-62-64(83-66(75)60-57-54-51-48-45-42-39-35-30-27-24-21-18-15-12-9-6-3)63-82-73-71(69(78)68(77)70(85-73)72(79)80)84-67(76)61-58-55-52-49-46-43-40-37-34-32-29-26-23-20-17-14-11-8-5-2/h8,11,16-21,25-30,34,37,64,68-71,73,77-78H,4-7,9-10,12-15,22-24,31-33,35-36,38-63H2,1-3H3,(H,79,80)/b11-8-,19-16-,20-17-,21-18-,28-25-,29-26-,30-27-,37-34-. The number of carboxylic acid groups (broad SMARTS) is 1. The van der Waals surface area contributed by atoms with Gasteiger partial charge in [-0.15, -0.1) is 0 Å². The van der Waals surface area contributed by atoms with Crippen molar-refractivity contribution in [1.29, 1.82) is 0 Å². The molecule has 6 unspecified atom stereocenters. The summed E-state index contributed by atoms with van der Waals surface area (Å²) in [5.41, 5.74) is 0. The van der Waals surface area contributed by atoms with Gasteiger partial charge < -0.3 is 39.0 Å². The van der Waals surface area contributed by atoms with Crippen LogP contribution in [0.4, 0.5) is 0 Å². The van der Waals surface area contributed by atoms with Crippen LogP contribution in [0.2, 0.25) is 0 Å². The van der Waals surface area contributed by atoms with Gasteiger partial charge in [-0.05, 0) is 122 Å². The van der Waals surface area contributed by atoms with E-state index in [1.165, 1.54) is 89.9 Å². The lowest BCUT2D eigenvalue weighted by Crippen LogP contribution is -2.61. The van der Waals surface area contributed by atoms with Crippen molar-refractivity contribution in [3.63, 3.8) is 0 Å². The maximum absolute atomic E-state index is 13.2. The van der Waals surface area contributed by atoms with Gasteiger partial charge in [0.2, 0.25) is 0 Å². The van der Waals surface area contributed by atoms with Crippen molar-refractivity contribution in [2.24, 2.45) is 0 Å². The molecule has 486 valence electrons. The third-order valence-corrected chi connectivity index (χ3v) is 15.1. The Kier molecular flexibility index (Phi) is 55.5. The van der Waals surface area contributed by atoms with Gasteiger partial charge in [0.1, 0.15) is 18.8 Å². The largest absolute Gasteiger partial charge is 0.479 e. The highest BCUT2D eigenvalue weighted by Gasteiger charge is 2.50. The Bertz CT molecular complexity index is 1840. The van der Waals surface area contributed by atoms with Crippen LogP contribution >= 0.6 is 0 Å². The lowest BCUT2D eigenvalue weighted by Gasteiger charge is -2.40. The van der Waals surface area contributed by atoms with Gasteiger partial charge in [-0.1, -0.05) is 246 Å². The number of aliphatic hydroxyl groups excluding tert-OH is 2. The van der Waals surface area contributed by atoms with Crippen molar-refractivity contribution in [3.8, 4) is 0 Å². The van der Waals surface area contributed by atoms with Crippen LogP contribution in [0.15, 0.2) is 97.2 Å². The van der Waals surface area contributed by atoms with Crippen LogP contribution in [0, 0.1) is 0 Å². The van der Waals surface area contributed by atoms with Crippen LogP contribution in [0.3, 0.4) is 0 Å². The van der Waals surface area contributed by atoms with Gasteiger partial charge in [-0.3, -0.25) is 14.4 Å². The maximum Gasteiger partial charge on any atom is 0.335 e. The zero-order valence-corrected chi connectivity index (χ0v) is 53.8. The van der Waals surface area contributed by atoms with E-state index in [1.54, 1.807) is 0 Å². The molecule has 1 aliphatic heterocycles. The Labute approximate surface area is 517 Å². The molecule has 1 heterocycles. The second kappa shape index (κ2) is 59.9. The Morgan fingerprint density at radius 3 is 1.13 bits per heavy atom. The summed E-state index contributed by atoms with van der Waals surface area (Å²) in [7, 11) is 0. The number of hydrogen-bond acceptors (Lipinski definition) is 11. The molecule has 1 aliphatic rings. The number of unbranched alkanes of at least 4 members (excludes halogenated alkanes) is 28. The number of esters is 3. The first-order valence-corrected chi connectivity index (χ1v) is 34.2. The highest BCUT2D eigenvalue weighted by Crippen LogP contribution is 2.27. The number of carbonyl (C=O) groups excluding carboxylic acids is 3. The van der Waals surface area contributed by atoms with Crippen LogP contribution in [0.5, 0.6) is 0 Å². The Morgan fingerprint density at radius 2 is 0.741 bits per heavy atom. The third kappa shape index (κ3) is 49.3. The second-order valence-corrected chi connectivity index (χ2v) is 23.1. The fraction of sp³-hybridized carbons (Fsp3) is 0.726. The molecule has 0 amide bonds. The molecular formula is C73H122O12. The number of aliphatic carboxylic acids is 1. The van der Waals surface area contributed by atoms with E-state index in [9.17, 15) is 34.5 Å². The zero-order chi connectivity index (χ0) is 61.7. The second-order valence-electron chi connectivity index (χ2n) is 23.1. The first-order chi connectivity index (χ1) is 41.6. The normalized spacial score (nSPS) is 18.1. The smallest absolute Gasteiger partial charge is 0.335 e. The van der Waals surface area contributed by atoms with Crippen molar-refractivity contribution in [2.45, 2.75) is 327 Å². The molecule has 0 spiro atoms. The molecule has 85 heavy (non-hydrogen) atoms. The monoisotopic (exact) mass is 1190 g/mol. The van der Waals surface area contributed by atoms with E-state index in [0.29, 0.717) is 19.3 Å². The average Bonchev–Trinajstić information content (AvgIpc) is 2.79. The van der Waals surface area contributed by atoms with E-state index >= 15 is 0 Å². The minimum Gasteiger partial charge on any atom is -0.479 e. The fourth-order valence-electron chi connectivity index (χ4n) is 9.89. The molecule has 3 N–H and O–H groups in total. The lowest BCUT2D eigenvalue weighted by molar-refractivity contribution is -0.301. The SMILES string of the molecule is CC/C=C\C/C=C\C/C=C\C/C=C\CCCCCCCCC(=O)OC1C(OCC(COC(=O)CCCCCCCCCCC/C=C\C/C=C\CCCCC)OC(=O)CCCCCCCCC/C=C\C/C=C\CCCCC)OC(C(=O)O)C(O)C1O. The summed E-state index contributed by atoms with van der Waals surface area (Å²) in [4.78, 5) is 51.5. The summed E-state index contributed by atoms with van der Waals surface area (Å²) in [6.45, 7) is 5.85. The van der Waals surface area contributed by atoms with Gasteiger partial charge >= 0.3 is 23.9 Å². The van der Waals surface area contributed by atoms with E-state index in [-0.39, 0.29) is 25.9 Å². The Morgan fingerprint density at radius 1 is 0.400 bits per heavy atom. The number of aliphatic hydroxyl groups is 2. The summed E-state index contributed by atoms with van der Waals surface area (Å²) < 4.78 is 28.6. The quantitative estimate of drug-likeness (QED) is 0.0228. The van der Waals surface area contributed by atoms with Gasteiger partial charge in [0.15, 0.2) is 24.6 Å². The molecule has 12 heteroatoms. The van der Waals surface area contributed by atoms with Crippen molar-refractivity contribution >= 4 is 23.9 Å². The predicted octanol–water partition coefficient (Wildman–Crippen LogP) is 18.8. The highest BCUT2D eigenvalue weighted by molar-refractivity contribution is 5.74. The predicted molar refractivity (Wildman–Crippen MR) is 349 cm³/mol. The van der Waals surface area contributed by atoms with Crippen LogP contribution in [0.25, 0.3) is 0 Å². The highest BCUT2D eigenvalue weighted by atomic mass is 16.7. The molecule has 0 aromatic carbocycles. The van der Waals surface area contributed by atoms with Gasteiger partial charge in [-0.25, -0.2) is 4.79 Å². The molecule has 0 aromatic heterocycles. The number of rotatable bonds is 58. The average molecular weight is 1190 g/mol. The summed E-state index contributed by atoms with van der Waals surface area (Å²) in [5.74, 6) is -3.15. The summed E-state index contributed by atoms with van der Waals surface area (Å²) in [6.07, 6.45) is 67.8. The molecule has 1 rings (SSSR count). The number of allylic oxidation sites excluding steroid dienone is 16. The summed E-state index contributed by atoms with van der Waals surface area (Å²) >= 11 is 0. The Hall–Kier alpha value is -4.36. The number of carbonyl (C=O) groups is 4. The minimum absolute atomic E-state index is 0.0396. The molecule has 0 saturated carbocycles. The van der Waals surface area contributed by atoms with Crippen LogP contribution in [0.1, 0.15) is 290 Å². The fourth-order valence-corrected chi connectivity index (χ4v) is 9.89. The van der Waals surface area contributed by atoms with Crippen LogP contribution in [-0.4, -0.2) is 89.2 Å². The molecule has 0 aliphatic carbocycles. The molecule has 12 nitrogen and oxygen atoms in total. The molecule has 0 radical (unpaired) electrons. The third-order valence-electron chi connectivity index (χ3n) is 15.1. The molecular weight excluding hydrogens is 1070 g/mol.